The zero-order valence-corrected chi connectivity index (χ0v) is 19.8. The zero-order chi connectivity index (χ0) is 22.9. The van der Waals surface area contributed by atoms with Crippen LogP contribution in [0.3, 0.4) is 0 Å². The number of halogens is 1. The topological polar surface area (TPSA) is 76.3 Å². The molecule has 0 amide bonds. The van der Waals surface area contributed by atoms with Crippen molar-refractivity contribution in [1.29, 1.82) is 0 Å². The Bertz CT molecular complexity index is 1100. The SMILES string of the molecule is Cc1ccccc1-n1nnnc1C1(N(N=O)c2ccccc2Cl)CCC(C(C)(C)C)CC1. The fraction of sp³-hybridized carbons (Fsp3) is 0.458. The van der Waals surface area contributed by atoms with Gasteiger partial charge in [-0.05, 0) is 78.1 Å². The Morgan fingerprint density at radius 2 is 1.75 bits per heavy atom. The van der Waals surface area contributed by atoms with Gasteiger partial charge in [-0.2, -0.15) is 4.68 Å². The quantitative estimate of drug-likeness (QED) is 0.338. The van der Waals surface area contributed by atoms with Crippen molar-refractivity contribution < 1.29 is 0 Å². The van der Waals surface area contributed by atoms with E-state index in [4.69, 9.17) is 11.6 Å². The van der Waals surface area contributed by atoms with E-state index in [1.807, 2.05) is 49.4 Å². The second kappa shape index (κ2) is 8.62. The summed E-state index contributed by atoms with van der Waals surface area (Å²) >= 11 is 6.52. The summed E-state index contributed by atoms with van der Waals surface area (Å²) in [5, 5.41) is 18.3. The van der Waals surface area contributed by atoms with Crippen LogP contribution in [0.1, 0.15) is 57.8 Å². The molecule has 1 fully saturated rings. The molecule has 8 heteroatoms. The van der Waals surface area contributed by atoms with E-state index < -0.39 is 5.54 Å². The van der Waals surface area contributed by atoms with E-state index in [9.17, 15) is 4.91 Å². The third-order valence-corrected chi connectivity index (χ3v) is 7.15. The molecule has 4 rings (SSSR count). The largest absolute Gasteiger partial charge is 0.214 e. The van der Waals surface area contributed by atoms with Gasteiger partial charge in [0.15, 0.2) is 5.82 Å². The van der Waals surface area contributed by atoms with Gasteiger partial charge in [0.2, 0.25) is 0 Å². The Balaban J connectivity index is 1.88. The van der Waals surface area contributed by atoms with Gasteiger partial charge in [-0.15, -0.1) is 10.0 Å². The maximum atomic E-state index is 12.4. The van der Waals surface area contributed by atoms with Crippen LogP contribution in [0.15, 0.2) is 53.8 Å². The maximum absolute atomic E-state index is 12.4. The Hall–Kier alpha value is -2.80. The first-order chi connectivity index (χ1) is 15.3. The molecule has 0 saturated heterocycles. The number of para-hydroxylation sites is 2. The summed E-state index contributed by atoms with van der Waals surface area (Å²) in [4.78, 5) is 12.4. The molecule has 0 bridgehead atoms. The van der Waals surface area contributed by atoms with Gasteiger partial charge in [0.05, 0.1) is 21.7 Å². The molecule has 0 radical (unpaired) electrons. The molecule has 1 aromatic heterocycles. The fourth-order valence-electron chi connectivity index (χ4n) is 4.91. The molecule has 0 atom stereocenters. The van der Waals surface area contributed by atoms with Crippen molar-refractivity contribution >= 4 is 17.3 Å². The number of anilines is 1. The normalized spacial score (nSPS) is 21.3. The van der Waals surface area contributed by atoms with E-state index in [1.165, 1.54) is 5.01 Å². The third kappa shape index (κ3) is 3.90. The standard InChI is InChI=1S/C24H29ClN6O/c1-17-9-5-7-11-20(17)30-22(26-27-28-30)24(15-13-18(14-16-24)23(2,3)4)31(29-32)21-12-8-6-10-19(21)25/h5-12,18H,13-16H2,1-4H3. The zero-order valence-electron chi connectivity index (χ0n) is 19.0. The smallest absolute Gasteiger partial charge is 0.184 e. The molecular formula is C24H29ClN6O. The molecule has 0 N–H and O–H groups in total. The molecule has 1 heterocycles. The van der Waals surface area contributed by atoms with E-state index in [1.54, 1.807) is 10.7 Å². The van der Waals surface area contributed by atoms with Gasteiger partial charge in [0.25, 0.3) is 0 Å². The van der Waals surface area contributed by atoms with Crippen molar-refractivity contribution in [3.05, 3.63) is 69.8 Å². The highest BCUT2D eigenvalue weighted by Gasteiger charge is 2.49. The van der Waals surface area contributed by atoms with E-state index in [-0.39, 0.29) is 5.41 Å². The van der Waals surface area contributed by atoms with E-state index in [2.05, 4.69) is 41.6 Å². The lowest BCUT2D eigenvalue weighted by atomic mass is 9.66. The van der Waals surface area contributed by atoms with Crippen LogP contribution in [0.2, 0.25) is 5.02 Å². The first-order valence-corrected chi connectivity index (χ1v) is 11.4. The van der Waals surface area contributed by atoms with E-state index >= 15 is 0 Å². The molecule has 3 aromatic rings. The fourth-order valence-corrected chi connectivity index (χ4v) is 5.12. The minimum Gasteiger partial charge on any atom is -0.214 e. The van der Waals surface area contributed by atoms with Gasteiger partial charge in [-0.3, -0.25) is 0 Å². The van der Waals surface area contributed by atoms with Crippen LogP contribution >= 0.6 is 11.6 Å². The number of aryl methyl sites for hydroxylation is 1. The molecular weight excluding hydrogens is 424 g/mol. The van der Waals surface area contributed by atoms with E-state index in [0.29, 0.717) is 35.3 Å². The van der Waals surface area contributed by atoms with Crippen LogP contribution in [-0.2, 0) is 5.54 Å². The van der Waals surface area contributed by atoms with Crippen LogP contribution in [0.4, 0.5) is 5.69 Å². The second-order valence-electron chi connectivity index (χ2n) is 9.72. The summed E-state index contributed by atoms with van der Waals surface area (Å²) in [5.74, 6) is 1.14. The van der Waals surface area contributed by atoms with Gasteiger partial charge < -0.3 is 0 Å². The molecule has 0 aliphatic heterocycles. The number of aromatic nitrogens is 4. The van der Waals surface area contributed by atoms with Crippen LogP contribution < -0.4 is 5.01 Å². The number of tetrazole rings is 1. The Labute approximate surface area is 193 Å². The van der Waals surface area contributed by atoms with Crippen molar-refractivity contribution in [2.24, 2.45) is 16.6 Å². The predicted octanol–water partition coefficient (Wildman–Crippen LogP) is 6.24. The maximum Gasteiger partial charge on any atom is 0.184 e. The highest BCUT2D eigenvalue weighted by molar-refractivity contribution is 6.33. The van der Waals surface area contributed by atoms with Crippen molar-refractivity contribution in [2.75, 3.05) is 5.01 Å². The number of nitrogens with zero attached hydrogens (tertiary/aromatic N) is 6. The third-order valence-electron chi connectivity index (χ3n) is 6.83. The molecule has 32 heavy (non-hydrogen) atoms. The summed E-state index contributed by atoms with van der Waals surface area (Å²) in [6.07, 6.45) is 3.25. The predicted molar refractivity (Wildman–Crippen MR) is 127 cm³/mol. The molecule has 2 aromatic carbocycles. The van der Waals surface area contributed by atoms with Gasteiger partial charge in [-0.1, -0.05) is 62.7 Å². The molecule has 168 valence electrons. The van der Waals surface area contributed by atoms with Gasteiger partial charge in [-0.25, -0.2) is 5.01 Å². The summed E-state index contributed by atoms with van der Waals surface area (Å²) < 4.78 is 1.75. The van der Waals surface area contributed by atoms with Crippen molar-refractivity contribution in [3.8, 4) is 5.69 Å². The average Bonchev–Trinajstić information content (AvgIpc) is 3.26. The molecule has 1 aliphatic rings. The highest BCUT2D eigenvalue weighted by Crippen LogP contribution is 2.50. The van der Waals surface area contributed by atoms with Crippen molar-refractivity contribution in [3.63, 3.8) is 0 Å². The van der Waals surface area contributed by atoms with Gasteiger partial charge in [0.1, 0.15) is 5.54 Å². The molecule has 0 spiro atoms. The summed E-state index contributed by atoms with van der Waals surface area (Å²) in [7, 11) is 0. The lowest BCUT2D eigenvalue weighted by Gasteiger charge is -2.46. The lowest BCUT2D eigenvalue weighted by molar-refractivity contribution is 0.123. The number of hydrogen-bond acceptors (Lipinski definition) is 5. The molecule has 1 saturated carbocycles. The summed E-state index contributed by atoms with van der Waals surface area (Å²) in [6.45, 7) is 8.83. The molecule has 1 aliphatic carbocycles. The van der Waals surface area contributed by atoms with Crippen molar-refractivity contribution in [1.82, 2.24) is 20.2 Å². The summed E-state index contributed by atoms with van der Waals surface area (Å²) in [6, 6.07) is 15.2. The van der Waals surface area contributed by atoms with Gasteiger partial charge >= 0.3 is 0 Å². The second-order valence-corrected chi connectivity index (χ2v) is 10.1. The minimum absolute atomic E-state index is 0.179. The van der Waals surface area contributed by atoms with E-state index in [0.717, 1.165) is 24.1 Å². The average molecular weight is 453 g/mol. The molecule has 0 unspecified atom stereocenters. The lowest BCUT2D eigenvalue weighted by Crippen LogP contribution is -2.49. The number of benzene rings is 2. The van der Waals surface area contributed by atoms with Crippen molar-refractivity contribution in [2.45, 2.75) is 58.9 Å². The highest BCUT2D eigenvalue weighted by atomic mass is 35.5. The van der Waals surface area contributed by atoms with Crippen LogP contribution in [0, 0.1) is 23.2 Å². The Morgan fingerprint density at radius 1 is 1.09 bits per heavy atom. The number of rotatable bonds is 5. The van der Waals surface area contributed by atoms with Crippen LogP contribution in [0.25, 0.3) is 5.69 Å². The minimum atomic E-state index is -0.805. The number of nitroso groups, excluding NO2 is 1. The first kappa shape index (κ1) is 22.4. The first-order valence-electron chi connectivity index (χ1n) is 11.0. The van der Waals surface area contributed by atoms with Gasteiger partial charge in [0, 0.05) is 0 Å². The van der Waals surface area contributed by atoms with Crippen LogP contribution in [-0.4, -0.2) is 20.2 Å². The summed E-state index contributed by atoms with van der Waals surface area (Å²) in [5.41, 5.74) is 1.87. The monoisotopic (exact) mass is 452 g/mol. The Kier molecular flexibility index (Phi) is 6.03. The molecule has 7 nitrogen and oxygen atoms in total. The number of hydrogen-bond donors (Lipinski definition) is 0. The van der Waals surface area contributed by atoms with Crippen LogP contribution in [0.5, 0.6) is 0 Å². The Morgan fingerprint density at radius 3 is 2.38 bits per heavy atom.